The molecule has 0 radical (unpaired) electrons. The summed E-state index contributed by atoms with van der Waals surface area (Å²) in [5.41, 5.74) is 2.32. The number of nitrogens with one attached hydrogen (secondary N) is 1. The minimum absolute atomic E-state index is 0.0232. The van der Waals surface area contributed by atoms with Crippen LogP contribution in [0, 0.1) is 18.8 Å². The number of likely N-dealkylation sites (tertiary alicyclic amines) is 1. The fourth-order valence-electron chi connectivity index (χ4n) is 3.60. The summed E-state index contributed by atoms with van der Waals surface area (Å²) in [5, 5.41) is 3.06. The molecule has 2 aliphatic rings. The van der Waals surface area contributed by atoms with Crippen LogP contribution in [0.15, 0.2) is 24.3 Å². The Morgan fingerprint density at radius 3 is 2.72 bits per heavy atom. The maximum Gasteiger partial charge on any atom is 0.249 e. The lowest BCUT2D eigenvalue weighted by Crippen LogP contribution is -2.48. The highest BCUT2D eigenvalue weighted by atomic mass is 16.5. The second-order valence-electron chi connectivity index (χ2n) is 7.37. The molecule has 2 atom stereocenters. The Hall–Kier alpha value is -1.88. The Morgan fingerprint density at radius 2 is 2.04 bits per heavy atom. The summed E-state index contributed by atoms with van der Waals surface area (Å²) in [5.74, 6) is 0.581. The zero-order chi connectivity index (χ0) is 17.8. The molecule has 0 unspecified atom stereocenters. The second kappa shape index (κ2) is 8.00. The van der Waals surface area contributed by atoms with Crippen molar-refractivity contribution in [1.82, 2.24) is 10.2 Å². The van der Waals surface area contributed by atoms with Gasteiger partial charge in [0.05, 0.1) is 12.0 Å². The molecular weight excluding hydrogens is 316 g/mol. The number of nitrogens with zero attached hydrogens (tertiary/aromatic N) is 1. The third-order valence-corrected chi connectivity index (χ3v) is 5.23. The Balaban J connectivity index is 1.71. The molecule has 2 fully saturated rings. The number of amides is 2. The Bertz CT molecular complexity index is 627. The van der Waals surface area contributed by atoms with Gasteiger partial charge in [-0.25, -0.2) is 0 Å². The molecule has 25 heavy (non-hydrogen) atoms. The Kier molecular flexibility index (Phi) is 5.74. The lowest BCUT2D eigenvalue weighted by Gasteiger charge is -2.39. The van der Waals surface area contributed by atoms with Gasteiger partial charge in [-0.15, -0.1) is 0 Å². The number of carbonyl (C=O) groups is 2. The molecule has 3 rings (SSSR count). The van der Waals surface area contributed by atoms with Gasteiger partial charge in [-0.1, -0.05) is 29.8 Å². The van der Waals surface area contributed by atoms with Crippen LogP contribution in [-0.2, 0) is 14.3 Å². The second-order valence-corrected chi connectivity index (χ2v) is 7.37. The number of rotatable bonds is 6. The summed E-state index contributed by atoms with van der Waals surface area (Å²) >= 11 is 0. The number of methoxy groups -OCH3 is 1. The van der Waals surface area contributed by atoms with Gasteiger partial charge >= 0.3 is 0 Å². The highest BCUT2D eigenvalue weighted by Crippen LogP contribution is 2.34. The SMILES string of the molecule is COCC(=O)N1C[C@@H](C(=O)NCC2CC2)CC[C@H]1c1cccc(C)c1. The van der Waals surface area contributed by atoms with Crippen LogP contribution >= 0.6 is 0 Å². The first-order chi connectivity index (χ1) is 12.1. The van der Waals surface area contributed by atoms with E-state index in [2.05, 4.69) is 30.4 Å². The first kappa shape index (κ1) is 17.9. The highest BCUT2D eigenvalue weighted by Gasteiger charge is 2.35. The molecule has 0 aromatic heterocycles. The molecule has 1 aliphatic carbocycles. The Morgan fingerprint density at radius 1 is 1.24 bits per heavy atom. The van der Waals surface area contributed by atoms with E-state index in [1.165, 1.54) is 25.5 Å². The molecule has 0 bridgehead atoms. The molecule has 136 valence electrons. The van der Waals surface area contributed by atoms with E-state index in [1.807, 2.05) is 11.0 Å². The van der Waals surface area contributed by atoms with Crippen LogP contribution in [0.25, 0.3) is 0 Å². The van der Waals surface area contributed by atoms with Crippen LogP contribution in [0.2, 0.25) is 0 Å². The lowest BCUT2D eigenvalue weighted by molar-refractivity contribution is -0.142. The molecule has 1 aromatic rings. The predicted molar refractivity (Wildman–Crippen MR) is 96.0 cm³/mol. The number of ether oxygens (including phenoxy) is 1. The maximum atomic E-state index is 12.6. The monoisotopic (exact) mass is 344 g/mol. The summed E-state index contributed by atoms with van der Waals surface area (Å²) < 4.78 is 5.06. The van der Waals surface area contributed by atoms with Gasteiger partial charge in [0.15, 0.2) is 0 Å². The van der Waals surface area contributed by atoms with Crippen molar-refractivity contribution in [3.05, 3.63) is 35.4 Å². The molecular formula is C20H28N2O3. The zero-order valence-corrected chi connectivity index (χ0v) is 15.2. The van der Waals surface area contributed by atoms with Gasteiger partial charge in [0, 0.05) is 20.2 Å². The van der Waals surface area contributed by atoms with Crippen LogP contribution in [-0.4, -0.2) is 43.5 Å². The normalized spacial score (nSPS) is 23.4. The van der Waals surface area contributed by atoms with Crippen molar-refractivity contribution in [3.8, 4) is 0 Å². The fourth-order valence-corrected chi connectivity index (χ4v) is 3.60. The van der Waals surface area contributed by atoms with Crippen molar-refractivity contribution in [2.75, 3.05) is 26.8 Å². The molecule has 1 saturated heterocycles. The third kappa shape index (κ3) is 4.60. The van der Waals surface area contributed by atoms with Gasteiger partial charge in [-0.2, -0.15) is 0 Å². The van der Waals surface area contributed by atoms with Gasteiger partial charge < -0.3 is 15.0 Å². The summed E-state index contributed by atoms with van der Waals surface area (Å²) in [4.78, 5) is 26.9. The molecule has 1 saturated carbocycles. The van der Waals surface area contributed by atoms with E-state index in [0.717, 1.165) is 24.9 Å². The van der Waals surface area contributed by atoms with E-state index < -0.39 is 0 Å². The van der Waals surface area contributed by atoms with Gasteiger partial charge in [0.2, 0.25) is 11.8 Å². The summed E-state index contributed by atoms with van der Waals surface area (Å²) in [6.07, 6.45) is 4.06. The zero-order valence-electron chi connectivity index (χ0n) is 15.2. The van der Waals surface area contributed by atoms with E-state index in [4.69, 9.17) is 4.74 Å². The number of benzene rings is 1. The number of carbonyl (C=O) groups excluding carboxylic acids is 2. The van der Waals surface area contributed by atoms with E-state index >= 15 is 0 Å². The van der Waals surface area contributed by atoms with E-state index in [9.17, 15) is 9.59 Å². The van der Waals surface area contributed by atoms with Crippen LogP contribution in [0.5, 0.6) is 0 Å². The summed E-state index contributed by atoms with van der Waals surface area (Å²) in [7, 11) is 1.53. The van der Waals surface area contributed by atoms with Crippen molar-refractivity contribution in [3.63, 3.8) is 0 Å². The molecule has 0 spiro atoms. The fraction of sp³-hybridized carbons (Fsp3) is 0.600. The Labute approximate surface area is 149 Å². The smallest absolute Gasteiger partial charge is 0.249 e. The molecule has 1 aromatic carbocycles. The first-order valence-electron chi connectivity index (χ1n) is 9.21. The van der Waals surface area contributed by atoms with Crippen LogP contribution in [0.4, 0.5) is 0 Å². The number of hydrogen-bond donors (Lipinski definition) is 1. The van der Waals surface area contributed by atoms with Crippen LogP contribution in [0.1, 0.15) is 42.9 Å². The summed E-state index contributed by atoms with van der Waals surface area (Å²) in [6, 6.07) is 8.30. The topological polar surface area (TPSA) is 58.6 Å². The molecule has 1 N–H and O–H groups in total. The number of piperidine rings is 1. The van der Waals surface area contributed by atoms with Crippen molar-refractivity contribution >= 4 is 11.8 Å². The largest absolute Gasteiger partial charge is 0.375 e. The lowest BCUT2D eigenvalue weighted by atomic mass is 9.88. The summed E-state index contributed by atoms with van der Waals surface area (Å²) in [6.45, 7) is 3.36. The van der Waals surface area contributed by atoms with Gasteiger partial charge in [-0.3, -0.25) is 9.59 Å². The molecule has 5 heteroatoms. The average molecular weight is 344 g/mol. The molecule has 2 amide bonds. The van der Waals surface area contributed by atoms with Crippen LogP contribution < -0.4 is 5.32 Å². The maximum absolute atomic E-state index is 12.6. The van der Waals surface area contributed by atoms with Crippen LogP contribution in [0.3, 0.4) is 0 Å². The average Bonchev–Trinajstić information content (AvgIpc) is 3.44. The van der Waals surface area contributed by atoms with E-state index in [0.29, 0.717) is 12.5 Å². The van der Waals surface area contributed by atoms with Gasteiger partial charge in [0.1, 0.15) is 6.61 Å². The third-order valence-electron chi connectivity index (χ3n) is 5.23. The van der Waals surface area contributed by atoms with Gasteiger partial charge in [0.25, 0.3) is 0 Å². The molecule has 5 nitrogen and oxygen atoms in total. The quantitative estimate of drug-likeness (QED) is 0.862. The minimum atomic E-state index is -0.124. The predicted octanol–water partition coefficient (Wildman–Crippen LogP) is 2.45. The first-order valence-corrected chi connectivity index (χ1v) is 9.21. The standard InChI is InChI=1S/C20H28N2O3/c1-14-4-3-5-16(10-14)18-9-8-17(12-22(18)19(23)13-25-2)20(24)21-11-15-6-7-15/h3-5,10,15,17-18H,6-9,11-13H2,1-2H3,(H,21,24)/t17-,18-/m0/s1. The molecule has 1 aliphatic heterocycles. The van der Waals surface area contributed by atoms with Crippen molar-refractivity contribution in [2.45, 2.75) is 38.6 Å². The molecule has 1 heterocycles. The van der Waals surface area contributed by atoms with E-state index in [1.54, 1.807) is 0 Å². The van der Waals surface area contributed by atoms with Crippen molar-refractivity contribution in [2.24, 2.45) is 11.8 Å². The van der Waals surface area contributed by atoms with E-state index in [-0.39, 0.29) is 30.4 Å². The number of hydrogen-bond acceptors (Lipinski definition) is 3. The highest BCUT2D eigenvalue weighted by molar-refractivity contribution is 5.82. The number of aryl methyl sites for hydroxylation is 1. The minimum Gasteiger partial charge on any atom is -0.375 e. The van der Waals surface area contributed by atoms with Crippen molar-refractivity contribution < 1.29 is 14.3 Å². The van der Waals surface area contributed by atoms with Gasteiger partial charge in [-0.05, 0) is 44.1 Å². The van der Waals surface area contributed by atoms with Crippen molar-refractivity contribution in [1.29, 1.82) is 0 Å².